The Bertz CT molecular complexity index is 2230. The molecule has 0 aliphatic heterocycles. The highest BCUT2D eigenvalue weighted by Gasteiger charge is 2.52. The van der Waals surface area contributed by atoms with E-state index in [-0.39, 0.29) is 0 Å². The molecule has 0 saturated heterocycles. The van der Waals surface area contributed by atoms with Crippen molar-refractivity contribution in [2.24, 2.45) is 7.05 Å². The molecule has 0 saturated carbocycles. The Morgan fingerprint density at radius 1 is 0.304 bits per heavy atom. The maximum absolute atomic E-state index is 15.4. The highest BCUT2D eigenvalue weighted by atomic mass is 19.2. The smallest absolute Gasteiger partial charge is 0.200 e. The molecular weight excluding hydrogens is 813 g/mol. The lowest BCUT2D eigenvalue weighted by Gasteiger charge is -2.44. The van der Waals surface area contributed by atoms with Gasteiger partial charge in [-0.25, -0.2) is 92.4 Å². The summed E-state index contributed by atoms with van der Waals surface area (Å²) in [6.07, 6.45) is -3.04. The van der Waals surface area contributed by atoms with Crippen LogP contribution < -0.4 is 26.4 Å². The molecular formula is C34H10BF20N. The highest BCUT2D eigenvalue weighted by molar-refractivity contribution is 7.20. The molecule has 0 aliphatic carbocycles. The van der Waals surface area contributed by atoms with Crippen molar-refractivity contribution in [3.05, 3.63) is 159 Å². The van der Waals surface area contributed by atoms with Crippen molar-refractivity contribution in [3.8, 4) is 0 Å². The number of hydrogen-bond donors (Lipinski definition) is 0. The summed E-state index contributed by atoms with van der Waals surface area (Å²) in [6.45, 7) is 0. The fourth-order valence-electron chi connectivity index (χ4n) is 6.11. The topological polar surface area (TPSA) is 3.88 Å². The zero-order valence-electron chi connectivity index (χ0n) is 26.6. The number of hydrogen-bond acceptors (Lipinski definition) is 0. The average molecular weight is 823 g/mol. The number of benzene rings is 5. The first kappa shape index (κ1) is 41.3. The molecule has 22 heteroatoms. The summed E-state index contributed by atoms with van der Waals surface area (Å²) >= 11 is 0. The predicted octanol–water partition coefficient (Wildman–Crippen LogP) is 7.51. The second-order valence-electron chi connectivity index (χ2n) is 11.5. The Morgan fingerprint density at radius 3 is 0.768 bits per heavy atom. The minimum absolute atomic E-state index is 1.29. The summed E-state index contributed by atoms with van der Waals surface area (Å²) in [5, 5.41) is 2.59. The minimum atomic E-state index is -7.22. The van der Waals surface area contributed by atoms with Gasteiger partial charge in [0.25, 0.3) is 0 Å². The molecule has 0 fully saturated rings. The molecule has 0 radical (unpaired) electrons. The lowest BCUT2D eigenvalue weighted by atomic mass is 9.12. The lowest BCUT2D eigenvalue weighted by molar-refractivity contribution is -0.670. The van der Waals surface area contributed by atoms with E-state index in [9.17, 15) is 52.7 Å². The summed E-state index contributed by atoms with van der Waals surface area (Å²) in [5.41, 5.74) is -14.3. The third kappa shape index (κ3) is 5.96. The molecule has 6 aromatic rings. The van der Waals surface area contributed by atoms with Crippen LogP contribution in [-0.2, 0) is 7.05 Å². The van der Waals surface area contributed by atoms with Crippen molar-refractivity contribution in [3.63, 3.8) is 0 Å². The number of rotatable bonds is 4. The maximum atomic E-state index is 15.4. The van der Waals surface area contributed by atoms with Crippen LogP contribution >= 0.6 is 0 Å². The van der Waals surface area contributed by atoms with Gasteiger partial charge in [0, 0.05) is 11.5 Å². The summed E-state index contributed by atoms with van der Waals surface area (Å²) in [4.78, 5) is 0. The van der Waals surface area contributed by atoms with Crippen LogP contribution in [0.25, 0.3) is 10.8 Å². The predicted molar refractivity (Wildman–Crippen MR) is 154 cm³/mol. The van der Waals surface area contributed by atoms with Crippen molar-refractivity contribution in [2.75, 3.05) is 0 Å². The summed E-state index contributed by atoms with van der Waals surface area (Å²) in [6, 6.07) is 10.5. The first-order chi connectivity index (χ1) is 26.1. The minimum Gasteiger partial charge on any atom is -0.207 e. The van der Waals surface area contributed by atoms with Crippen LogP contribution in [0.4, 0.5) is 87.8 Å². The van der Waals surface area contributed by atoms with Gasteiger partial charge < -0.3 is 0 Å². The van der Waals surface area contributed by atoms with Gasteiger partial charge in [0.2, 0.25) is 0 Å². The number of nitrogens with zero attached hydrogens (tertiary/aromatic N) is 1. The number of aryl methyl sites for hydroxylation is 1. The quantitative estimate of drug-likeness (QED) is 0.0571. The molecule has 56 heavy (non-hydrogen) atoms. The molecule has 6 rings (SSSR count). The summed E-state index contributed by atoms with van der Waals surface area (Å²) in [5.74, 6) is -71.4. The monoisotopic (exact) mass is 823 g/mol. The van der Waals surface area contributed by atoms with Crippen molar-refractivity contribution < 1.29 is 92.4 Å². The van der Waals surface area contributed by atoms with E-state index in [1.165, 1.54) is 10.8 Å². The van der Waals surface area contributed by atoms with E-state index < -0.39 is 144 Å². The molecule has 0 amide bonds. The fraction of sp³-hybridized carbons (Fsp3) is 0.0294. The van der Waals surface area contributed by atoms with Gasteiger partial charge in [-0.1, -0.05) is 18.2 Å². The van der Waals surface area contributed by atoms with E-state index >= 15 is 35.1 Å². The fourth-order valence-corrected chi connectivity index (χ4v) is 6.11. The number of halogens is 20. The van der Waals surface area contributed by atoms with Gasteiger partial charge in [-0.05, 0) is 11.5 Å². The molecule has 5 aromatic carbocycles. The molecule has 1 nitrogen and oxygen atoms in total. The molecule has 1 aromatic heterocycles. The van der Waals surface area contributed by atoms with Crippen molar-refractivity contribution in [1.82, 2.24) is 0 Å². The van der Waals surface area contributed by atoms with Crippen molar-refractivity contribution in [1.29, 1.82) is 0 Å². The van der Waals surface area contributed by atoms with Crippen LogP contribution in [-0.4, -0.2) is 6.15 Å². The normalized spacial score (nSPS) is 11.7. The molecule has 0 atom stereocenters. The molecule has 0 aliphatic rings. The number of fused-ring (bicyclic) bond motifs is 1. The molecule has 0 N–H and O–H groups in total. The molecule has 0 unspecified atom stereocenters. The Balaban J connectivity index is 0.000000463. The van der Waals surface area contributed by atoms with Gasteiger partial charge in [0.1, 0.15) is 59.7 Å². The van der Waals surface area contributed by atoms with Gasteiger partial charge in [0.15, 0.2) is 82.2 Å². The summed E-state index contributed by atoms with van der Waals surface area (Å²) < 4.78 is 296. The zero-order chi connectivity index (χ0) is 42.0. The number of pyridine rings is 1. The van der Waals surface area contributed by atoms with E-state index in [2.05, 4.69) is 47.3 Å². The van der Waals surface area contributed by atoms with Gasteiger partial charge in [-0.2, -0.15) is 0 Å². The Labute approximate surface area is 297 Å². The van der Waals surface area contributed by atoms with Crippen LogP contribution in [0.1, 0.15) is 0 Å². The molecule has 294 valence electrons. The van der Waals surface area contributed by atoms with Crippen LogP contribution in [0.2, 0.25) is 0 Å². The van der Waals surface area contributed by atoms with Gasteiger partial charge in [0.05, 0.1) is 0 Å². The SMILES string of the molecule is C[n+]1ccc2ccccc2c1.Fc1c(F)c(F)c([B-](c2c(F)c(F)c(F)c(F)c2F)(c2c(F)c(F)c(F)c(F)c2F)c2c(F)c(F)c(F)c(F)c2F)c(F)c1F. The Kier molecular flexibility index (Phi) is 10.8. The van der Waals surface area contributed by atoms with E-state index in [0.29, 0.717) is 0 Å². The number of aromatic nitrogens is 1. The lowest BCUT2D eigenvalue weighted by Crippen LogP contribution is -2.81. The van der Waals surface area contributed by atoms with Crippen LogP contribution in [0.3, 0.4) is 0 Å². The van der Waals surface area contributed by atoms with E-state index in [0.717, 1.165) is 0 Å². The van der Waals surface area contributed by atoms with Crippen LogP contribution in [0.5, 0.6) is 0 Å². The van der Waals surface area contributed by atoms with Gasteiger partial charge in [-0.3, -0.25) is 0 Å². The van der Waals surface area contributed by atoms with Gasteiger partial charge in [-0.15, -0.1) is 21.9 Å². The van der Waals surface area contributed by atoms with Gasteiger partial charge >= 0.3 is 0 Å². The van der Waals surface area contributed by atoms with Crippen molar-refractivity contribution >= 4 is 38.8 Å². The zero-order valence-corrected chi connectivity index (χ0v) is 26.6. The largest absolute Gasteiger partial charge is 0.207 e. The third-order valence-corrected chi connectivity index (χ3v) is 8.54. The Morgan fingerprint density at radius 2 is 0.518 bits per heavy atom. The van der Waals surface area contributed by atoms with Crippen LogP contribution in [0.15, 0.2) is 42.7 Å². The second kappa shape index (κ2) is 14.7. The van der Waals surface area contributed by atoms with E-state index in [4.69, 9.17) is 0 Å². The molecule has 0 bridgehead atoms. The van der Waals surface area contributed by atoms with E-state index in [1.807, 2.05) is 7.05 Å². The molecule has 0 spiro atoms. The molecule has 1 heterocycles. The standard InChI is InChI=1S/C24BF20.C10H10N/c26-5-1(6(27)14(35)21(42)13(5)34)25(2-7(28)15(36)22(43)16(37)8(2)29,3-9(30)17(38)23(44)18(39)10(3)31)4-11(32)19(40)24(45)20(41)12(4)33;1-11-7-6-9-4-2-3-5-10(9)8-11/h;2-8H,1H3/q-1;+1. The highest BCUT2D eigenvalue weighted by Crippen LogP contribution is 2.30. The Hall–Kier alpha value is -5.83. The van der Waals surface area contributed by atoms with Crippen molar-refractivity contribution in [2.45, 2.75) is 0 Å². The van der Waals surface area contributed by atoms with Crippen LogP contribution in [0, 0.1) is 116 Å². The average Bonchev–Trinajstić information content (AvgIpc) is 3.17. The third-order valence-electron chi connectivity index (χ3n) is 8.54. The second-order valence-corrected chi connectivity index (χ2v) is 11.5. The van der Waals surface area contributed by atoms with E-state index in [1.54, 1.807) is 0 Å². The maximum Gasteiger partial charge on any atom is 0.200 e. The first-order valence-electron chi connectivity index (χ1n) is 14.6. The summed E-state index contributed by atoms with van der Waals surface area (Å²) in [7, 11) is 2.03. The first-order valence-corrected chi connectivity index (χ1v) is 14.6.